The van der Waals surface area contributed by atoms with Crippen LogP contribution in [0.3, 0.4) is 0 Å². The van der Waals surface area contributed by atoms with Gasteiger partial charge in [0.15, 0.2) is 0 Å². The van der Waals surface area contributed by atoms with Crippen molar-refractivity contribution in [2.24, 2.45) is 0 Å². The standard InChI is InChI=1S/C27H19F3O7/c1-3-34-25(32)16-7-9-18(10-8-16)35-23-22(31)20-12-11-19(14-21(20)37-24(23)27(28,29)30)36-26(33)17-6-4-5-15(2)13-17/h4-14H,3H2,1-2H3. The molecule has 0 atom stereocenters. The van der Waals surface area contributed by atoms with Crippen molar-refractivity contribution >= 4 is 22.9 Å². The van der Waals surface area contributed by atoms with Crippen LogP contribution in [0, 0.1) is 6.92 Å². The molecule has 0 aliphatic carbocycles. The van der Waals surface area contributed by atoms with Gasteiger partial charge in [-0.3, -0.25) is 4.79 Å². The van der Waals surface area contributed by atoms with Crippen molar-refractivity contribution in [2.45, 2.75) is 20.0 Å². The third-order valence-corrected chi connectivity index (χ3v) is 5.13. The Kier molecular flexibility index (Phi) is 7.01. The second-order valence-corrected chi connectivity index (χ2v) is 7.85. The highest BCUT2D eigenvalue weighted by molar-refractivity contribution is 5.92. The van der Waals surface area contributed by atoms with Crippen LogP contribution in [0.4, 0.5) is 13.2 Å². The summed E-state index contributed by atoms with van der Waals surface area (Å²) in [6, 6.07) is 15.1. The third-order valence-electron chi connectivity index (χ3n) is 5.13. The van der Waals surface area contributed by atoms with Gasteiger partial charge in [0.1, 0.15) is 17.1 Å². The summed E-state index contributed by atoms with van der Waals surface area (Å²) < 4.78 is 61.9. The summed E-state index contributed by atoms with van der Waals surface area (Å²) in [4.78, 5) is 37.2. The van der Waals surface area contributed by atoms with Crippen LogP contribution >= 0.6 is 0 Å². The van der Waals surface area contributed by atoms with Crippen molar-refractivity contribution in [3.8, 4) is 17.2 Å². The highest BCUT2D eigenvalue weighted by Gasteiger charge is 2.40. The van der Waals surface area contributed by atoms with E-state index in [0.29, 0.717) is 0 Å². The van der Waals surface area contributed by atoms with E-state index >= 15 is 0 Å². The van der Waals surface area contributed by atoms with Gasteiger partial charge < -0.3 is 18.6 Å². The minimum absolute atomic E-state index is 0.112. The molecule has 7 nitrogen and oxygen atoms in total. The number of aryl methyl sites for hydroxylation is 1. The molecule has 4 rings (SSSR count). The fourth-order valence-corrected chi connectivity index (χ4v) is 3.43. The van der Waals surface area contributed by atoms with E-state index in [1.165, 1.54) is 42.5 Å². The molecule has 0 spiro atoms. The normalized spacial score (nSPS) is 11.3. The first kappa shape index (κ1) is 25.5. The molecule has 37 heavy (non-hydrogen) atoms. The lowest BCUT2D eigenvalue weighted by Gasteiger charge is -2.14. The number of hydrogen-bond donors (Lipinski definition) is 0. The second-order valence-electron chi connectivity index (χ2n) is 7.85. The van der Waals surface area contributed by atoms with E-state index in [9.17, 15) is 27.6 Å². The Morgan fingerprint density at radius 3 is 2.24 bits per heavy atom. The average Bonchev–Trinajstić information content (AvgIpc) is 2.85. The number of alkyl halides is 3. The Balaban J connectivity index is 1.69. The van der Waals surface area contributed by atoms with Crippen LogP contribution in [0.25, 0.3) is 11.0 Å². The molecule has 1 heterocycles. The summed E-state index contributed by atoms with van der Waals surface area (Å²) in [5.41, 5.74) is -0.313. The van der Waals surface area contributed by atoms with Gasteiger partial charge in [0, 0.05) is 6.07 Å². The zero-order valence-corrected chi connectivity index (χ0v) is 19.5. The number of benzene rings is 3. The van der Waals surface area contributed by atoms with Crippen LogP contribution in [0.1, 0.15) is 39.0 Å². The molecule has 0 bridgehead atoms. The fourth-order valence-electron chi connectivity index (χ4n) is 3.43. The number of rotatable bonds is 6. The Morgan fingerprint density at radius 1 is 0.892 bits per heavy atom. The number of carbonyl (C=O) groups excluding carboxylic acids is 2. The van der Waals surface area contributed by atoms with Gasteiger partial charge in [0.2, 0.25) is 11.2 Å². The zero-order valence-electron chi connectivity index (χ0n) is 19.5. The predicted octanol–water partition coefficient (Wildman–Crippen LogP) is 6.31. The van der Waals surface area contributed by atoms with E-state index in [1.54, 1.807) is 32.0 Å². The average molecular weight is 512 g/mol. The van der Waals surface area contributed by atoms with Gasteiger partial charge in [-0.15, -0.1) is 0 Å². The lowest BCUT2D eigenvalue weighted by Crippen LogP contribution is -2.16. The van der Waals surface area contributed by atoms with Crippen LogP contribution in [0.5, 0.6) is 17.2 Å². The maximum absolute atomic E-state index is 13.8. The van der Waals surface area contributed by atoms with Gasteiger partial charge in [-0.25, -0.2) is 9.59 Å². The quantitative estimate of drug-likeness (QED) is 0.221. The molecule has 1 aromatic heterocycles. The predicted molar refractivity (Wildman–Crippen MR) is 126 cm³/mol. The smallest absolute Gasteiger partial charge is 0.453 e. The Hall–Kier alpha value is -4.60. The number of carbonyl (C=O) groups is 2. The molecule has 3 aromatic carbocycles. The molecule has 190 valence electrons. The summed E-state index contributed by atoms with van der Waals surface area (Å²) in [6.07, 6.45) is -5.08. The molecule has 0 radical (unpaired) electrons. The molecule has 0 amide bonds. The van der Waals surface area contributed by atoms with Crippen LogP contribution in [-0.4, -0.2) is 18.5 Å². The van der Waals surface area contributed by atoms with Gasteiger partial charge in [-0.2, -0.15) is 13.2 Å². The summed E-state index contributed by atoms with van der Waals surface area (Å²) in [7, 11) is 0. The van der Waals surface area contributed by atoms with E-state index in [0.717, 1.165) is 11.6 Å². The molecule has 10 heteroatoms. The van der Waals surface area contributed by atoms with E-state index < -0.39 is 40.6 Å². The monoisotopic (exact) mass is 512 g/mol. The summed E-state index contributed by atoms with van der Waals surface area (Å²) >= 11 is 0. The lowest BCUT2D eigenvalue weighted by atomic mass is 10.1. The van der Waals surface area contributed by atoms with Gasteiger partial charge in [-0.05, 0) is 62.4 Å². The lowest BCUT2D eigenvalue weighted by molar-refractivity contribution is -0.154. The molecule has 0 unspecified atom stereocenters. The van der Waals surface area contributed by atoms with Gasteiger partial charge in [-0.1, -0.05) is 17.7 Å². The summed E-state index contributed by atoms with van der Waals surface area (Å²) in [6.45, 7) is 3.57. The first-order valence-corrected chi connectivity index (χ1v) is 11.0. The number of halogens is 3. The van der Waals surface area contributed by atoms with Crippen molar-refractivity contribution in [1.29, 1.82) is 0 Å². The minimum atomic E-state index is -5.08. The Morgan fingerprint density at radius 2 is 1.59 bits per heavy atom. The molecule has 0 fully saturated rings. The van der Waals surface area contributed by atoms with Crippen molar-refractivity contribution in [1.82, 2.24) is 0 Å². The molecular weight excluding hydrogens is 493 g/mol. The van der Waals surface area contributed by atoms with Gasteiger partial charge in [0.05, 0.1) is 23.1 Å². The van der Waals surface area contributed by atoms with E-state index in [2.05, 4.69) is 0 Å². The maximum Gasteiger partial charge on any atom is 0.453 e. The molecule has 0 aliphatic rings. The van der Waals surface area contributed by atoms with Crippen LogP contribution in [-0.2, 0) is 10.9 Å². The van der Waals surface area contributed by atoms with Crippen LogP contribution in [0.2, 0.25) is 0 Å². The first-order valence-electron chi connectivity index (χ1n) is 11.0. The van der Waals surface area contributed by atoms with E-state index in [-0.39, 0.29) is 34.6 Å². The SMILES string of the molecule is CCOC(=O)c1ccc(Oc2c(C(F)(F)F)oc3cc(OC(=O)c4cccc(C)c4)ccc3c2=O)cc1. The highest BCUT2D eigenvalue weighted by atomic mass is 19.4. The van der Waals surface area contributed by atoms with Crippen molar-refractivity contribution in [3.63, 3.8) is 0 Å². The zero-order chi connectivity index (χ0) is 26.7. The molecule has 0 saturated heterocycles. The minimum Gasteiger partial charge on any atom is -0.462 e. The first-order chi connectivity index (χ1) is 17.6. The maximum atomic E-state index is 13.8. The largest absolute Gasteiger partial charge is 0.462 e. The number of esters is 2. The summed E-state index contributed by atoms with van der Waals surface area (Å²) in [5.74, 6) is -4.33. The van der Waals surface area contributed by atoms with Crippen molar-refractivity contribution in [3.05, 3.63) is 99.4 Å². The number of hydrogen-bond acceptors (Lipinski definition) is 7. The molecule has 0 aliphatic heterocycles. The van der Waals surface area contributed by atoms with Crippen LogP contribution < -0.4 is 14.9 Å². The Bertz CT molecular complexity index is 1540. The van der Waals surface area contributed by atoms with Crippen molar-refractivity contribution in [2.75, 3.05) is 6.61 Å². The third kappa shape index (κ3) is 5.64. The van der Waals surface area contributed by atoms with Crippen LogP contribution in [0.15, 0.2) is 75.9 Å². The molecular formula is C27H19F3O7. The molecule has 0 saturated carbocycles. The molecule has 4 aromatic rings. The Labute approximate surface area is 208 Å². The molecule has 0 N–H and O–H groups in total. The number of fused-ring (bicyclic) bond motifs is 1. The fraction of sp³-hybridized carbons (Fsp3) is 0.148. The van der Waals surface area contributed by atoms with Gasteiger partial charge in [0.25, 0.3) is 5.76 Å². The topological polar surface area (TPSA) is 92.0 Å². The van der Waals surface area contributed by atoms with E-state index in [1.807, 2.05) is 0 Å². The summed E-state index contributed by atoms with van der Waals surface area (Å²) in [5, 5.41) is -0.221. The number of ether oxygens (including phenoxy) is 3. The van der Waals surface area contributed by atoms with E-state index in [4.69, 9.17) is 18.6 Å². The van der Waals surface area contributed by atoms with Crippen molar-refractivity contribution < 1.29 is 41.4 Å². The second kappa shape index (κ2) is 10.2. The van der Waals surface area contributed by atoms with Gasteiger partial charge >= 0.3 is 18.1 Å². The highest BCUT2D eigenvalue weighted by Crippen LogP contribution is 2.38.